The zero-order valence-electron chi connectivity index (χ0n) is 18.4. The molecule has 9 heteroatoms. The number of aromatic nitrogens is 3. The molecule has 1 atom stereocenters. The van der Waals surface area contributed by atoms with Gasteiger partial charge in [-0.3, -0.25) is 0 Å². The molecule has 2 N–H and O–H groups in total. The number of nitrogens with zero attached hydrogens (tertiary/aromatic N) is 3. The number of pyridine rings is 1. The van der Waals surface area contributed by atoms with E-state index in [4.69, 9.17) is 5.11 Å². The largest absolute Gasteiger partial charge is 0.478 e. The number of hydrogen-bond acceptors (Lipinski definition) is 4. The number of alkyl halides is 3. The predicted octanol–water partition coefficient (Wildman–Crippen LogP) is 5.94. The zero-order valence-corrected chi connectivity index (χ0v) is 18.4. The van der Waals surface area contributed by atoms with Crippen LogP contribution in [0.2, 0.25) is 0 Å². The van der Waals surface area contributed by atoms with Crippen molar-refractivity contribution in [3.63, 3.8) is 0 Å². The van der Waals surface area contributed by atoms with Crippen molar-refractivity contribution in [1.82, 2.24) is 14.8 Å². The van der Waals surface area contributed by atoms with Crippen LogP contribution in [0, 0.1) is 19.8 Å². The second kappa shape index (κ2) is 8.88. The van der Waals surface area contributed by atoms with Crippen LogP contribution >= 0.6 is 0 Å². The molecule has 0 saturated heterocycles. The van der Waals surface area contributed by atoms with Gasteiger partial charge in [-0.2, -0.15) is 18.3 Å². The maximum absolute atomic E-state index is 13.0. The third-order valence-corrected chi connectivity index (χ3v) is 6.20. The van der Waals surface area contributed by atoms with Gasteiger partial charge in [0.05, 0.1) is 29.1 Å². The number of benzene rings is 1. The molecule has 1 unspecified atom stereocenters. The standard InChI is InChI=1S/C24H25F3N4O2/c1-14-9-18(10-15(2)22(14)31-13-19(12-29-31)24(25,26)27)21(16-5-3-4-6-16)30-20-8-7-17(11-28-20)23(32)33/h7-13,16,21H,3-6H2,1-2H3,(H,28,30)(H,32,33). The van der Waals surface area contributed by atoms with Gasteiger partial charge in [-0.05, 0) is 61.4 Å². The Morgan fingerprint density at radius 1 is 1.15 bits per heavy atom. The fourth-order valence-corrected chi connectivity index (χ4v) is 4.65. The molecule has 0 amide bonds. The molecule has 4 rings (SSSR count). The number of nitrogens with one attached hydrogen (secondary N) is 1. The van der Waals surface area contributed by atoms with Gasteiger partial charge in [0.1, 0.15) is 5.82 Å². The molecule has 1 saturated carbocycles. The minimum atomic E-state index is -4.44. The van der Waals surface area contributed by atoms with E-state index in [1.807, 2.05) is 26.0 Å². The highest BCUT2D eigenvalue weighted by atomic mass is 19.4. The molecule has 2 heterocycles. The van der Waals surface area contributed by atoms with E-state index in [1.165, 1.54) is 16.9 Å². The summed E-state index contributed by atoms with van der Waals surface area (Å²) in [7, 11) is 0. The average Bonchev–Trinajstić information content (AvgIpc) is 3.44. The first kappa shape index (κ1) is 22.8. The molecule has 0 aliphatic heterocycles. The second-order valence-corrected chi connectivity index (χ2v) is 8.58. The van der Waals surface area contributed by atoms with E-state index < -0.39 is 17.7 Å². The quantitative estimate of drug-likeness (QED) is 0.478. The first-order chi connectivity index (χ1) is 15.6. The molecule has 1 aromatic carbocycles. The maximum Gasteiger partial charge on any atom is 0.419 e. The van der Waals surface area contributed by atoms with E-state index in [2.05, 4.69) is 15.4 Å². The van der Waals surface area contributed by atoms with Gasteiger partial charge < -0.3 is 10.4 Å². The molecular weight excluding hydrogens is 433 g/mol. The van der Waals surface area contributed by atoms with Gasteiger partial charge in [0.15, 0.2) is 0 Å². The van der Waals surface area contributed by atoms with Gasteiger partial charge in [0.2, 0.25) is 0 Å². The van der Waals surface area contributed by atoms with E-state index >= 15 is 0 Å². The number of anilines is 1. The Kier molecular flexibility index (Phi) is 6.14. The van der Waals surface area contributed by atoms with Gasteiger partial charge in [-0.25, -0.2) is 14.5 Å². The molecule has 1 aliphatic rings. The molecule has 6 nitrogen and oxygen atoms in total. The summed E-state index contributed by atoms with van der Waals surface area (Å²) >= 11 is 0. The highest BCUT2D eigenvalue weighted by Crippen LogP contribution is 2.39. The zero-order chi connectivity index (χ0) is 23.8. The molecule has 3 aromatic rings. The number of aromatic carboxylic acids is 1. The van der Waals surface area contributed by atoms with Crippen molar-refractivity contribution in [2.75, 3.05) is 5.32 Å². The average molecular weight is 458 g/mol. The lowest BCUT2D eigenvalue weighted by Crippen LogP contribution is -2.20. The molecule has 2 aromatic heterocycles. The van der Waals surface area contributed by atoms with Gasteiger partial charge in [-0.1, -0.05) is 25.0 Å². The first-order valence-electron chi connectivity index (χ1n) is 10.8. The SMILES string of the molecule is Cc1cc(C(Nc2ccc(C(=O)O)cn2)C2CCCC2)cc(C)c1-n1cc(C(F)(F)F)cn1. The highest BCUT2D eigenvalue weighted by molar-refractivity contribution is 5.87. The van der Waals surface area contributed by atoms with Crippen LogP contribution in [0.3, 0.4) is 0 Å². The third-order valence-electron chi connectivity index (χ3n) is 6.20. The Morgan fingerprint density at radius 3 is 2.33 bits per heavy atom. The normalized spacial score (nSPS) is 15.5. The topological polar surface area (TPSA) is 80.0 Å². The second-order valence-electron chi connectivity index (χ2n) is 8.58. The predicted molar refractivity (Wildman–Crippen MR) is 118 cm³/mol. The minimum absolute atomic E-state index is 0.0505. The fourth-order valence-electron chi connectivity index (χ4n) is 4.65. The van der Waals surface area contributed by atoms with Gasteiger partial charge >= 0.3 is 12.1 Å². The molecule has 1 fully saturated rings. The summed E-state index contributed by atoms with van der Waals surface area (Å²) < 4.78 is 40.4. The van der Waals surface area contributed by atoms with E-state index in [1.54, 1.807) is 6.07 Å². The molecule has 0 spiro atoms. The maximum atomic E-state index is 13.0. The number of hydrogen-bond donors (Lipinski definition) is 2. The van der Waals surface area contributed by atoms with Crippen molar-refractivity contribution in [3.8, 4) is 5.69 Å². The van der Waals surface area contributed by atoms with Crippen LogP contribution < -0.4 is 5.32 Å². The summed E-state index contributed by atoms with van der Waals surface area (Å²) in [5.41, 5.74) is 2.62. The van der Waals surface area contributed by atoms with Gasteiger partial charge in [0.25, 0.3) is 0 Å². The summed E-state index contributed by atoms with van der Waals surface area (Å²) in [5, 5.41) is 16.5. The van der Waals surface area contributed by atoms with Crippen molar-refractivity contribution in [2.24, 2.45) is 5.92 Å². The van der Waals surface area contributed by atoms with Crippen LogP contribution in [-0.4, -0.2) is 25.8 Å². The molecular formula is C24H25F3N4O2. The Bertz CT molecular complexity index is 1130. The summed E-state index contributed by atoms with van der Waals surface area (Å²) in [4.78, 5) is 15.4. The van der Waals surface area contributed by atoms with Crippen molar-refractivity contribution < 1.29 is 23.1 Å². The van der Waals surface area contributed by atoms with Crippen LogP contribution in [0.25, 0.3) is 5.69 Å². The molecule has 174 valence electrons. The van der Waals surface area contributed by atoms with E-state index in [0.717, 1.165) is 54.8 Å². The van der Waals surface area contributed by atoms with Crippen LogP contribution in [0.4, 0.5) is 19.0 Å². The number of carbonyl (C=O) groups is 1. The number of carboxylic acid groups (broad SMARTS) is 1. The van der Waals surface area contributed by atoms with Crippen LogP contribution in [0.15, 0.2) is 42.9 Å². The molecule has 0 radical (unpaired) electrons. The van der Waals surface area contributed by atoms with E-state index in [-0.39, 0.29) is 11.6 Å². The Labute approximate surface area is 189 Å². The molecule has 33 heavy (non-hydrogen) atoms. The third kappa shape index (κ3) is 4.86. The summed E-state index contributed by atoms with van der Waals surface area (Å²) in [6.07, 6.45) is 3.11. The summed E-state index contributed by atoms with van der Waals surface area (Å²) in [6.45, 7) is 3.73. The molecule has 1 aliphatic carbocycles. The highest BCUT2D eigenvalue weighted by Gasteiger charge is 2.33. The lowest BCUT2D eigenvalue weighted by Gasteiger charge is -2.27. The number of aryl methyl sites for hydroxylation is 2. The lowest BCUT2D eigenvalue weighted by molar-refractivity contribution is -0.137. The van der Waals surface area contributed by atoms with Crippen LogP contribution in [0.1, 0.15) is 64.3 Å². The van der Waals surface area contributed by atoms with Crippen molar-refractivity contribution in [3.05, 3.63) is 70.7 Å². The van der Waals surface area contributed by atoms with Crippen molar-refractivity contribution in [2.45, 2.75) is 51.7 Å². The van der Waals surface area contributed by atoms with Crippen molar-refractivity contribution >= 4 is 11.8 Å². The number of rotatable bonds is 6. The lowest BCUT2D eigenvalue weighted by atomic mass is 9.89. The Hall–Kier alpha value is -3.36. The summed E-state index contributed by atoms with van der Waals surface area (Å²) in [6, 6.07) is 7.09. The fraction of sp³-hybridized carbons (Fsp3) is 0.375. The van der Waals surface area contributed by atoms with E-state index in [0.29, 0.717) is 17.4 Å². The summed E-state index contributed by atoms with van der Waals surface area (Å²) in [5.74, 6) is -0.0779. The molecule has 0 bridgehead atoms. The van der Waals surface area contributed by atoms with Crippen LogP contribution in [0.5, 0.6) is 0 Å². The first-order valence-corrected chi connectivity index (χ1v) is 10.8. The van der Waals surface area contributed by atoms with E-state index in [9.17, 15) is 18.0 Å². The Balaban J connectivity index is 1.67. The minimum Gasteiger partial charge on any atom is -0.478 e. The monoisotopic (exact) mass is 458 g/mol. The number of halogens is 3. The van der Waals surface area contributed by atoms with Gasteiger partial charge in [0, 0.05) is 12.4 Å². The number of carboxylic acids is 1. The van der Waals surface area contributed by atoms with Gasteiger partial charge in [-0.15, -0.1) is 0 Å². The Morgan fingerprint density at radius 2 is 1.82 bits per heavy atom. The van der Waals surface area contributed by atoms with Crippen LogP contribution in [-0.2, 0) is 6.18 Å². The smallest absolute Gasteiger partial charge is 0.419 e. The van der Waals surface area contributed by atoms with Crippen molar-refractivity contribution in [1.29, 1.82) is 0 Å².